The minimum atomic E-state index is 0.635. The average Bonchev–Trinajstić information content (AvgIpc) is 2.87. The van der Waals surface area contributed by atoms with Gasteiger partial charge in [-0.25, -0.2) is 0 Å². The first-order chi connectivity index (χ1) is 7.68. The quantitative estimate of drug-likeness (QED) is 0.820. The summed E-state index contributed by atoms with van der Waals surface area (Å²) in [6.45, 7) is 7.44. The number of nitrogens with one attached hydrogen (secondary N) is 2. The molecule has 1 atom stereocenters. The van der Waals surface area contributed by atoms with Crippen molar-refractivity contribution in [2.24, 2.45) is 5.92 Å². The lowest BCUT2D eigenvalue weighted by atomic mass is 9.99. The van der Waals surface area contributed by atoms with Crippen LogP contribution in [0.15, 0.2) is 0 Å². The Morgan fingerprint density at radius 1 is 1.38 bits per heavy atom. The number of rotatable bonds is 4. The van der Waals surface area contributed by atoms with Gasteiger partial charge in [-0.3, -0.25) is 5.10 Å². The van der Waals surface area contributed by atoms with E-state index in [9.17, 15) is 0 Å². The van der Waals surface area contributed by atoms with Crippen molar-refractivity contribution in [1.29, 1.82) is 0 Å². The molecule has 0 aliphatic heterocycles. The van der Waals surface area contributed by atoms with E-state index in [-0.39, 0.29) is 0 Å². The molecule has 0 bridgehead atoms. The van der Waals surface area contributed by atoms with Crippen LogP contribution < -0.4 is 5.32 Å². The van der Waals surface area contributed by atoms with Gasteiger partial charge in [0.25, 0.3) is 0 Å². The molecule has 1 saturated carbocycles. The second kappa shape index (κ2) is 5.00. The highest BCUT2D eigenvalue weighted by Crippen LogP contribution is 2.27. The number of hydrogen-bond acceptors (Lipinski definition) is 2. The van der Waals surface area contributed by atoms with E-state index in [1.165, 1.54) is 36.9 Å². The van der Waals surface area contributed by atoms with Crippen molar-refractivity contribution in [1.82, 2.24) is 15.5 Å². The van der Waals surface area contributed by atoms with Crippen LogP contribution >= 0.6 is 0 Å². The summed E-state index contributed by atoms with van der Waals surface area (Å²) in [5, 5.41) is 10.9. The van der Waals surface area contributed by atoms with Crippen LogP contribution in [0.25, 0.3) is 0 Å². The molecule has 3 heteroatoms. The third-order valence-electron chi connectivity index (χ3n) is 3.99. The van der Waals surface area contributed by atoms with Crippen molar-refractivity contribution in [2.45, 2.75) is 59.0 Å². The fraction of sp³-hybridized carbons (Fsp3) is 0.769. The third kappa shape index (κ3) is 2.46. The normalized spacial score (nSPS) is 19.2. The van der Waals surface area contributed by atoms with Gasteiger partial charge in [0.1, 0.15) is 0 Å². The SMILES string of the molecule is Cc1n[nH]c(C)c1CN[C@H](C)C1CCCC1. The zero-order valence-electron chi connectivity index (χ0n) is 10.6. The predicted molar refractivity (Wildman–Crippen MR) is 66.3 cm³/mol. The molecule has 1 aliphatic rings. The number of aromatic nitrogens is 2. The Kier molecular flexibility index (Phi) is 3.64. The lowest BCUT2D eigenvalue weighted by molar-refractivity contribution is 0.380. The van der Waals surface area contributed by atoms with Gasteiger partial charge in [-0.05, 0) is 39.5 Å². The zero-order valence-corrected chi connectivity index (χ0v) is 10.6. The second-order valence-corrected chi connectivity index (χ2v) is 5.13. The highest BCUT2D eigenvalue weighted by Gasteiger charge is 2.21. The maximum Gasteiger partial charge on any atom is 0.0638 e. The molecular weight excluding hydrogens is 198 g/mol. The minimum absolute atomic E-state index is 0.635. The van der Waals surface area contributed by atoms with E-state index in [1.54, 1.807) is 0 Å². The van der Waals surface area contributed by atoms with E-state index < -0.39 is 0 Å². The van der Waals surface area contributed by atoms with Gasteiger partial charge < -0.3 is 5.32 Å². The maximum atomic E-state index is 4.23. The van der Waals surface area contributed by atoms with Crippen LogP contribution in [0, 0.1) is 19.8 Å². The monoisotopic (exact) mass is 221 g/mol. The van der Waals surface area contributed by atoms with Gasteiger partial charge >= 0.3 is 0 Å². The van der Waals surface area contributed by atoms with Crippen molar-refractivity contribution in [2.75, 3.05) is 0 Å². The van der Waals surface area contributed by atoms with Gasteiger partial charge in [0.15, 0.2) is 0 Å². The summed E-state index contributed by atoms with van der Waals surface area (Å²) in [7, 11) is 0. The number of nitrogens with zero attached hydrogens (tertiary/aromatic N) is 1. The predicted octanol–water partition coefficient (Wildman–Crippen LogP) is 2.69. The molecular formula is C13H23N3. The Morgan fingerprint density at radius 2 is 2.06 bits per heavy atom. The summed E-state index contributed by atoms with van der Waals surface area (Å²) in [5.41, 5.74) is 3.66. The Labute approximate surface area is 98.0 Å². The fourth-order valence-electron chi connectivity index (χ4n) is 2.72. The Bertz CT molecular complexity index is 317. The molecule has 1 aromatic heterocycles. The molecule has 3 nitrogen and oxygen atoms in total. The lowest BCUT2D eigenvalue weighted by Gasteiger charge is -2.20. The average molecular weight is 221 g/mol. The molecule has 0 aromatic carbocycles. The molecule has 0 amide bonds. The highest BCUT2D eigenvalue weighted by atomic mass is 15.1. The summed E-state index contributed by atoms with van der Waals surface area (Å²) in [4.78, 5) is 0. The molecule has 16 heavy (non-hydrogen) atoms. The second-order valence-electron chi connectivity index (χ2n) is 5.13. The van der Waals surface area contributed by atoms with E-state index in [1.807, 2.05) is 0 Å². The van der Waals surface area contributed by atoms with Crippen molar-refractivity contribution in [3.8, 4) is 0 Å². The summed E-state index contributed by atoms with van der Waals surface area (Å²) in [6.07, 6.45) is 5.63. The molecule has 2 N–H and O–H groups in total. The van der Waals surface area contributed by atoms with Crippen LogP contribution in [0.4, 0.5) is 0 Å². The van der Waals surface area contributed by atoms with Gasteiger partial charge in [-0.1, -0.05) is 12.8 Å². The first kappa shape index (κ1) is 11.6. The largest absolute Gasteiger partial charge is 0.310 e. The van der Waals surface area contributed by atoms with E-state index in [0.717, 1.165) is 18.2 Å². The number of aryl methyl sites for hydroxylation is 2. The summed E-state index contributed by atoms with van der Waals surface area (Å²) >= 11 is 0. The van der Waals surface area contributed by atoms with Crippen molar-refractivity contribution >= 4 is 0 Å². The molecule has 1 aromatic rings. The van der Waals surface area contributed by atoms with Crippen LogP contribution in [0.2, 0.25) is 0 Å². The Morgan fingerprint density at radius 3 is 2.62 bits per heavy atom. The summed E-state index contributed by atoms with van der Waals surface area (Å²) in [6, 6.07) is 0.635. The standard InChI is InChI=1S/C13H23N3/c1-9(12-6-4-5-7-12)14-8-13-10(2)15-16-11(13)3/h9,12,14H,4-8H2,1-3H3,(H,15,16)/t9-/m1/s1. The minimum Gasteiger partial charge on any atom is -0.310 e. The highest BCUT2D eigenvalue weighted by molar-refractivity contribution is 5.22. The first-order valence-corrected chi connectivity index (χ1v) is 6.42. The van der Waals surface area contributed by atoms with Gasteiger partial charge in [0, 0.05) is 23.8 Å². The topological polar surface area (TPSA) is 40.7 Å². The van der Waals surface area contributed by atoms with Gasteiger partial charge in [0.2, 0.25) is 0 Å². The molecule has 1 aliphatic carbocycles. The smallest absolute Gasteiger partial charge is 0.0638 e. The van der Waals surface area contributed by atoms with Crippen LogP contribution in [0.3, 0.4) is 0 Å². The van der Waals surface area contributed by atoms with Crippen LogP contribution in [-0.4, -0.2) is 16.2 Å². The van der Waals surface area contributed by atoms with Crippen molar-refractivity contribution in [3.63, 3.8) is 0 Å². The van der Waals surface area contributed by atoms with Crippen molar-refractivity contribution in [3.05, 3.63) is 17.0 Å². The number of aromatic amines is 1. The molecule has 1 fully saturated rings. The molecule has 0 spiro atoms. The third-order valence-corrected chi connectivity index (χ3v) is 3.99. The molecule has 0 radical (unpaired) electrons. The van der Waals surface area contributed by atoms with E-state index in [0.29, 0.717) is 6.04 Å². The van der Waals surface area contributed by atoms with Crippen molar-refractivity contribution < 1.29 is 0 Å². The molecule has 0 saturated heterocycles. The lowest BCUT2D eigenvalue weighted by Crippen LogP contribution is -2.32. The number of H-pyrrole nitrogens is 1. The fourth-order valence-corrected chi connectivity index (χ4v) is 2.72. The summed E-state index contributed by atoms with van der Waals surface area (Å²) in [5.74, 6) is 0.882. The van der Waals surface area contributed by atoms with Crippen LogP contribution in [-0.2, 0) is 6.54 Å². The van der Waals surface area contributed by atoms with Gasteiger partial charge in [0.05, 0.1) is 5.69 Å². The Balaban J connectivity index is 1.87. The van der Waals surface area contributed by atoms with E-state index >= 15 is 0 Å². The van der Waals surface area contributed by atoms with E-state index in [2.05, 4.69) is 36.3 Å². The zero-order chi connectivity index (χ0) is 11.5. The first-order valence-electron chi connectivity index (χ1n) is 6.42. The van der Waals surface area contributed by atoms with Crippen LogP contribution in [0.5, 0.6) is 0 Å². The Hall–Kier alpha value is -0.830. The molecule has 0 unspecified atom stereocenters. The van der Waals surface area contributed by atoms with Crippen LogP contribution in [0.1, 0.15) is 49.6 Å². The summed E-state index contributed by atoms with van der Waals surface area (Å²) < 4.78 is 0. The van der Waals surface area contributed by atoms with Gasteiger partial charge in [-0.2, -0.15) is 5.10 Å². The van der Waals surface area contributed by atoms with E-state index in [4.69, 9.17) is 0 Å². The molecule has 2 rings (SSSR count). The maximum absolute atomic E-state index is 4.23. The number of hydrogen-bond donors (Lipinski definition) is 2. The molecule has 90 valence electrons. The van der Waals surface area contributed by atoms with Gasteiger partial charge in [-0.15, -0.1) is 0 Å². The molecule has 1 heterocycles.